The third kappa shape index (κ3) is 4.48. The fourth-order valence-electron chi connectivity index (χ4n) is 4.02. The molecule has 2 aromatic heterocycles. The number of nitrogens with zero attached hydrogens (tertiary/aromatic N) is 6. The van der Waals surface area contributed by atoms with E-state index in [9.17, 15) is 0 Å². The molecule has 4 rings (SSSR count). The number of aromatic amines is 1. The Kier molecular flexibility index (Phi) is 6.03. The van der Waals surface area contributed by atoms with Crippen molar-refractivity contribution in [2.24, 2.45) is 5.92 Å². The number of pyridine rings is 1. The molecule has 7 nitrogen and oxygen atoms in total. The Morgan fingerprint density at radius 2 is 1.97 bits per heavy atom. The number of benzene rings is 1. The highest BCUT2D eigenvalue weighted by Crippen LogP contribution is 2.34. The molecule has 0 amide bonds. The molecule has 1 aliphatic rings. The summed E-state index contributed by atoms with van der Waals surface area (Å²) in [7, 11) is 0. The molecule has 0 aliphatic carbocycles. The molecular weight excluding hydrogens is 381 g/mol. The van der Waals surface area contributed by atoms with Crippen LogP contribution in [0.15, 0.2) is 30.5 Å². The first-order chi connectivity index (χ1) is 14.5. The second kappa shape index (κ2) is 8.87. The lowest BCUT2D eigenvalue weighted by atomic mass is 9.98. The number of H-pyrrole nitrogens is 1. The summed E-state index contributed by atoms with van der Waals surface area (Å²) >= 11 is 0. The first-order valence-corrected chi connectivity index (χ1v) is 10.5. The number of tetrazole rings is 1. The number of aryl methyl sites for hydroxylation is 1. The van der Waals surface area contributed by atoms with Crippen molar-refractivity contribution >= 4 is 5.69 Å². The minimum Gasteiger partial charge on any atom is -0.368 e. The number of rotatable bonds is 6. The molecule has 0 bridgehead atoms. The van der Waals surface area contributed by atoms with E-state index in [4.69, 9.17) is 0 Å². The summed E-state index contributed by atoms with van der Waals surface area (Å²) in [6.45, 7) is 10.6. The van der Waals surface area contributed by atoms with Gasteiger partial charge in [-0.3, -0.25) is 9.88 Å². The van der Waals surface area contributed by atoms with Gasteiger partial charge in [0.25, 0.3) is 0 Å². The molecule has 8 heteroatoms. The highest BCUT2D eigenvalue weighted by Gasteiger charge is 2.25. The van der Waals surface area contributed by atoms with E-state index in [1.54, 1.807) is 6.07 Å². The Morgan fingerprint density at radius 3 is 2.63 bits per heavy atom. The molecule has 3 heterocycles. The van der Waals surface area contributed by atoms with Crippen LogP contribution in [-0.4, -0.2) is 56.7 Å². The van der Waals surface area contributed by atoms with Crippen molar-refractivity contribution < 1.29 is 4.39 Å². The molecule has 1 fully saturated rings. The quantitative estimate of drug-likeness (QED) is 0.674. The first kappa shape index (κ1) is 20.4. The van der Waals surface area contributed by atoms with Crippen LogP contribution in [0.3, 0.4) is 0 Å². The molecule has 158 valence electrons. The molecule has 1 aliphatic heterocycles. The molecule has 1 aromatic carbocycles. The number of nitrogens with one attached hydrogen (secondary N) is 1. The van der Waals surface area contributed by atoms with Gasteiger partial charge in [0.1, 0.15) is 5.82 Å². The monoisotopic (exact) mass is 409 g/mol. The molecular formula is C22H28FN7. The summed E-state index contributed by atoms with van der Waals surface area (Å²) in [6.07, 6.45) is 2.67. The van der Waals surface area contributed by atoms with Gasteiger partial charge in [-0.1, -0.05) is 19.9 Å². The number of halogens is 1. The maximum atomic E-state index is 15.1. The SMILES string of the molecule is Cc1cccnc1CN1CCN(c2cc(CC(C)C)cc(F)c2-c2nn[nH]n2)CC1. The molecule has 0 radical (unpaired) electrons. The number of piperazine rings is 1. The molecule has 30 heavy (non-hydrogen) atoms. The van der Waals surface area contributed by atoms with Gasteiger partial charge in [-0.25, -0.2) is 4.39 Å². The Labute approximate surface area is 176 Å². The van der Waals surface area contributed by atoms with Crippen LogP contribution in [0.2, 0.25) is 0 Å². The zero-order valence-electron chi connectivity index (χ0n) is 17.8. The van der Waals surface area contributed by atoms with Gasteiger partial charge in [-0.05, 0) is 53.8 Å². The second-order valence-corrected chi connectivity index (χ2v) is 8.34. The summed E-state index contributed by atoms with van der Waals surface area (Å²) in [4.78, 5) is 9.15. The fraction of sp³-hybridized carbons (Fsp3) is 0.455. The van der Waals surface area contributed by atoms with Crippen molar-refractivity contribution in [2.45, 2.75) is 33.7 Å². The molecule has 1 N–H and O–H groups in total. The normalized spacial score (nSPS) is 15.2. The van der Waals surface area contributed by atoms with Gasteiger partial charge in [0.2, 0.25) is 5.82 Å². The van der Waals surface area contributed by atoms with Gasteiger partial charge in [-0.2, -0.15) is 5.21 Å². The van der Waals surface area contributed by atoms with E-state index >= 15 is 4.39 Å². The van der Waals surface area contributed by atoms with E-state index in [0.717, 1.165) is 56.1 Å². The van der Waals surface area contributed by atoms with Crippen molar-refractivity contribution in [1.82, 2.24) is 30.5 Å². The molecule has 0 atom stereocenters. The van der Waals surface area contributed by atoms with Gasteiger partial charge >= 0.3 is 0 Å². The van der Waals surface area contributed by atoms with Crippen LogP contribution in [0.4, 0.5) is 10.1 Å². The van der Waals surface area contributed by atoms with Gasteiger partial charge < -0.3 is 4.90 Å². The van der Waals surface area contributed by atoms with Crippen molar-refractivity contribution in [3.63, 3.8) is 0 Å². The van der Waals surface area contributed by atoms with Crippen LogP contribution < -0.4 is 4.90 Å². The minimum absolute atomic E-state index is 0.295. The summed E-state index contributed by atoms with van der Waals surface area (Å²) < 4.78 is 15.1. The lowest BCUT2D eigenvalue weighted by Crippen LogP contribution is -2.46. The Hall–Kier alpha value is -2.87. The number of hydrogen-bond donors (Lipinski definition) is 1. The smallest absolute Gasteiger partial charge is 0.209 e. The van der Waals surface area contributed by atoms with Gasteiger partial charge in [-0.15, -0.1) is 10.2 Å². The molecule has 0 saturated carbocycles. The summed E-state index contributed by atoms with van der Waals surface area (Å²) in [5.74, 6) is 0.452. The van der Waals surface area contributed by atoms with E-state index in [0.29, 0.717) is 17.3 Å². The highest BCUT2D eigenvalue weighted by atomic mass is 19.1. The van der Waals surface area contributed by atoms with Crippen LogP contribution in [0, 0.1) is 18.7 Å². The zero-order valence-corrected chi connectivity index (χ0v) is 17.8. The second-order valence-electron chi connectivity index (χ2n) is 8.34. The predicted octanol–water partition coefficient (Wildman–Crippen LogP) is 3.23. The Bertz CT molecular complexity index is 979. The maximum Gasteiger partial charge on any atom is 0.209 e. The zero-order chi connectivity index (χ0) is 21.1. The minimum atomic E-state index is -0.295. The van der Waals surface area contributed by atoms with Crippen LogP contribution in [0.5, 0.6) is 0 Å². The number of anilines is 1. The Balaban J connectivity index is 1.56. The van der Waals surface area contributed by atoms with Crippen LogP contribution >= 0.6 is 0 Å². The van der Waals surface area contributed by atoms with Crippen LogP contribution in [0.25, 0.3) is 11.4 Å². The lowest BCUT2D eigenvalue weighted by Gasteiger charge is -2.37. The molecule has 3 aromatic rings. The molecule has 1 saturated heterocycles. The summed E-state index contributed by atoms with van der Waals surface area (Å²) in [6, 6.07) is 7.76. The first-order valence-electron chi connectivity index (χ1n) is 10.5. The largest absolute Gasteiger partial charge is 0.368 e. The number of aromatic nitrogens is 5. The van der Waals surface area contributed by atoms with Crippen molar-refractivity contribution in [3.8, 4) is 11.4 Å². The van der Waals surface area contributed by atoms with E-state index in [-0.39, 0.29) is 5.82 Å². The molecule has 0 unspecified atom stereocenters. The van der Waals surface area contributed by atoms with Gasteiger partial charge in [0.05, 0.1) is 16.9 Å². The fourth-order valence-corrected chi connectivity index (χ4v) is 4.02. The average Bonchev–Trinajstić information content (AvgIpc) is 3.24. The van der Waals surface area contributed by atoms with E-state index < -0.39 is 0 Å². The molecule has 0 spiro atoms. The van der Waals surface area contributed by atoms with Crippen molar-refractivity contribution in [2.75, 3.05) is 31.1 Å². The Morgan fingerprint density at radius 1 is 1.17 bits per heavy atom. The topological polar surface area (TPSA) is 73.8 Å². The number of hydrogen-bond acceptors (Lipinski definition) is 6. The highest BCUT2D eigenvalue weighted by molar-refractivity contribution is 5.75. The van der Waals surface area contributed by atoms with Crippen LogP contribution in [0.1, 0.15) is 30.7 Å². The van der Waals surface area contributed by atoms with E-state index in [2.05, 4.69) is 68.3 Å². The summed E-state index contributed by atoms with van der Waals surface area (Å²) in [5, 5.41) is 14.2. The average molecular weight is 410 g/mol. The summed E-state index contributed by atoms with van der Waals surface area (Å²) in [5.41, 5.74) is 4.59. The van der Waals surface area contributed by atoms with E-state index in [1.165, 1.54) is 5.56 Å². The third-order valence-electron chi connectivity index (χ3n) is 5.55. The van der Waals surface area contributed by atoms with Gasteiger partial charge in [0.15, 0.2) is 0 Å². The van der Waals surface area contributed by atoms with Crippen molar-refractivity contribution in [3.05, 3.63) is 53.1 Å². The van der Waals surface area contributed by atoms with E-state index in [1.807, 2.05) is 12.3 Å². The standard InChI is InChI=1S/C22H28FN7/c1-15(2)11-17-12-18(23)21(22-25-27-28-26-22)20(13-17)30-9-7-29(8-10-30)14-19-16(3)5-4-6-24-19/h4-6,12-13,15H,7-11,14H2,1-3H3,(H,25,26,27,28). The van der Waals surface area contributed by atoms with Crippen LogP contribution in [-0.2, 0) is 13.0 Å². The lowest BCUT2D eigenvalue weighted by molar-refractivity contribution is 0.246. The van der Waals surface area contributed by atoms with Gasteiger partial charge in [0, 0.05) is 38.9 Å². The predicted molar refractivity (Wildman–Crippen MR) is 115 cm³/mol. The maximum absolute atomic E-state index is 15.1. The third-order valence-corrected chi connectivity index (χ3v) is 5.55. The van der Waals surface area contributed by atoms with Crippen molar-refractivity contribution in [1.29, 1.82) is 0 Å².